The second-order valence-electron chi connectivity index (χ2n) is 8.15. The van der Waals surface area contributed by atoms with Crippen LogP contribution in [0.1, 0.15) is 18.4 Å². The van der Waals surface area contributed by atoms with Crippen LogP contribution < -0.4 is 15.4 Å². The van der Waals surface area contributed by atoms with Crippen LogP contribution in [-0.4, -0.2) is 61.2 Å². The molecular formula is C23H27BrCl2N4O2. The average Bonchev–Trinajstić information content (AvgIpc) is 2.79. The van der Waals surface area contributed by atoms with E-state index in [2.05, 4.69) is 49.7 Å². The van der Waals surface area contributed by atoms with Crippen LogP contribution in [0, 0.1) is 0 Å². The molecule has 4 rings (SSSR count). The molecule has 0 aliphatic carbocycles. The first-order valence-electron chi connectivity index (χ1n) is 10.9. The summed E-state index contributed by atoms with van der Waals surface area (Å²) in [6.45, 7) is 5.85. The quantitative estimate of drug-likeness (QED) is 0.543. The highest BCUT2D eigenvalue weighted by atomic mass is 79.9. The normalized spacial score (nSPS) is 17.9. The molecule has 2 heterocycles. The lowest BCUT2D eigenvalue weighted by Crippen LogP contribution is -2.49. The summed E-state index contributed by atoms with van der Waals surface area (Å²) < 4.78 is 7.16. The van der Waals surface area contributed by atoms with Crippen molar-refractivity contribution in [3.63, 3.8) is 0 Å². The molecule has 0 radical (unpaired) electrons. The van der Waals surface area contributed by atoms with Crippen LogP contribution in [0.4, 0.5) is 10.5 Å². The third kappa shape index (κ3) is 6.29. The summed E-state index contributed by atoms with van der Waals surface area (Å²) >= 11 is 15.6. The molecule has 0 aromatic heterocycles. The van der Waals surface area contributed by atoms with Gasteiger partial charge in [-0.1, -0.05) is 29.3 Å². The number of anilines is 1. The Morgan fingerprint density at radius 3 is 2.50 bits per heavy atom. The minimum Gasteiger partial charge on any atom is -0.489 e. The van der Waals surface area contributed by atoms with Gasteiger partial charge in [-0.2, -0.15) is 0 Å². The molecule has 2 fully saturated rings. The SMILES string of the molecule is O=C(Nc1ccc(Cl)c(Cl)c1)N1CCN(Cc2ccc(OC3CCNCC3)c(Br)c2)CC1. The van der Waals surface area contributed by atoms with E-state index in [9.17, 15) is 4.79 Å². The van der Waals surface area contributed by atoms with E-state index in [4.69, 9.17) is 27.9 Å². The number of halogens is 3. The van der Waals surface area contributed by atoms with Gasteiger partial charge in [0.25, 0.3) is 0 Å². The van der Waals surface area contributed by atoms with Crippen molar-refractivity contribution < 1.29 is 9.53 Å². The van der Waals surface area contributed by atoms with E-state index in [-0.39, 0.29) is 12.1 Å². The minimum atomic E-state index is -0.120. The van der Waals surface area contributed by atoms with Gasteiger partial charge < -0.3 is 20.3 Å². The van der Waals surface area contributed by atoms with Gasteiger partial charge in [-0.3, -0.25) is 4.90 Å². The fourth-order valence-corrected chi connectivity index (χ4v) is 4.79. The molecule has 6 nitrogen and oxygen atoms in total. The highest BCUT2D eigenvalue weighted by Gasteiger charge is 2.22. The fourth-order valence-electron chi connectivity index (χ4n) is 3.97. The van der Waals surface area contributed by atoms with E-state index in [0.717, 1.165) is 55.8 Å². The van der Waals surface area contributed by atoms with Gasteiger partial charge in [0.15, 0.2) is 0 Å². The third-order valence-electron chi connectivity index (χ3n) is 5.81. The first-order valence-corrected chi connectivity index (χ1v) is 12.4. The Balaban J connectivity index is 1.25. The van der Waals surface area contributed by atoms with Gasteiger partial charge >= 0.3 is 6.03 Å². The molecule has 2 saturated heterocycles. The molecule has 0 saturated carbocycles. The number of ether oxygens (including phenoxy) is 1. The lowest BCUT2D eigenvalue weighted by atomic mass is 10.1. The van der Waals surface area contributed by atoms with Crippen LogP contribution in [0.5, 0.6) is 5.75 Å². The number of hydrogen-bond acceptors (Lipinski definition) is 4. The van der Waals surface area contributed by atoms with Crippen molar-refractivity contribution in [2.24, 2.45) is 0 Å². The van der Waals surface area contributed by atoms with Crippen LogP contribution >= 0.6 is 39.1 Å². The largest absolute Gasteiger partial charge is 0.489 e. The number of amides is 2. The monoisotopic (exact) mass is 540 g/mol. The number of piperazine rings is 1. The van der Waals surface area contributed by atoms with Crippen LogP contribution in [0.2, 0.25) is 10.0 Å². The van der Waals surface area contributed by atoms with Crippen molar-refractivity contribution in [1.29, 1.82) is 0 Å². The van der Waals surface area contributed by atoms with Crippen LogP contribution in [0.3, 0.4) is 0 Å². The maximum absolute atomic E-state index is 12.6. The van der Waals surface area contributed by atoms with Crippen molar-refractivity contribution >= 4 is 50.9 Å². The van der Waals surface area contributed by atoms with Gasteiger partial charge in [-0.15, -0.1) is 0 Å². The number of hydrogen-bond donors (Lipinski definition) is 2. The van der Waals surface area contributed by atoms with E-state index in [1.807, 2.05) is 4.90 Å². The Morgan fingerprint density at radius 1 is 1.06 bits per heavy atom. The van der Waals surface area contributed by atoms with Gasteiger partial charge in [0, 0.05) is 38.4 Å². The number of benzene rings is 2. The predicted octanol–water partition coefficient (Wildman–Crippen LogP) is 5.24. The Labute approximate surface area is 207 Å². The first kappa shape index (κ1) is 23.6. The molecular weight excluding hydrogens is 515 g/mol. The number of nitrogens with zero attached hydrogens (tertiary/aromatic N) is 2. The molecule has 2 aromatic rings. The van der Waals surface area contributed by atoms with Crippen LogP contribution in [0.15, 0.2) is 40.9 Å². The van der Waals surface area contributed by atoms with Crippen molar-refractivity contribution in [1.82, 2.24) is 15.1 Å². The Kier molecular flexibility index (Phi) is 8.18. The Morgan fingerprint density at radius 2 is 1.81 bits per heavy atom. The lowest BCUT2D eigenvalue weighted by molar-refractivity contribution is 0.142. The van der Waals surface area contributed by atoms with Gasteiger partial charge in [-0.05, 0) is 77.8 Å². The van der Waals surface area contributed by atoms with Crippen molar-refractivity contribution in [3.05, 3.63) is 56.5 Å². The van der Waals surface area contributed by atoms with Gasteiger partial charge in [0.2, 0.25) is 0 Å². The number of piperidine rings is 1. The summed E-state index contributed by atoms with van der Waals surface area (Å²) in [5.41, 5.74) is 1.87. The molecule has 0 spiro atoms. The molecule has 2 aliphatic heterocycles. The Bertz CT molecular complexity index is 948. The van der Waals surface area contributed by atoms with E-state index >= 15 is 0 Å². The maximum atomic E-state index is 12.6. The summed E-state index contributed by atoms with van der Waals surface area (Å²) in [5.74, 6) is 0.907. The smallest absolute Gasteiger partial charge is 0.321 e. The molecule has 2 aliphatic rings. The summed E-state index contributed by atoms with van der Waals surface area (Å²) in [6, 6.07) is 11.3. The fraction of sp³-hybridized carbons (Fsp3) is 0.435. The molecule has 32 heavy (non-hydrogen) atoms. The molecule has 172 valence electrons. The van der Waals surface area contributed by atoms with Crippen molar-refractivity contribution in [2.75, 3.05) is 44.6 Å². The highest BCUT2D eigenvalue weighted by Crippen LogP contribution is 2.29. The van der Waals surface area contributed by atoms with Gasteiger partial charge in [0.05, 0.1) is 14.5 Å². The zero-order valence-electron chi connectivity index (χ0n) is 17.8. The summed E-state index contributed by atoms with van der Waals surface area (Å²) in [5, 5.41) is 7.14. The van der Waals surface area contributed by atoms with E-state index in [1.54, 1.807) is 18.2 Å². The summed E-state index contributed by atoms with van der Waals surface area (Å²) in [7, 11) is 0. The highest BCUT2D eigenvalue weighted by molar-refractivity contribution is 9.10. The molecule has 0 unspecified atom stereocenters. The molecule has 9 heteroatoms. The molecule has 0 bridgehead atoms. The minimum absolute atomic E-state index is 0.120. The average molecular weight is 542 g/mol. The summed E-state index contributed by atoms with van der Waals surface area (Å²) in [6.07, 6.45) is 2.36. The lowest BCUT2D eigenvalue weighted by Gasteiger charge is -2.34. The second-order valence-corrected chi connectivity index (χ2v) is 9.82. The maximum Gasteiger partial charge on any atom is 0.321 e. The van der Waals surface area contributed by atoms with Gasteiger partial charge in [0.1, 0.15) is 11.9 Å². The van der Waals surface area contributed by atoms with Crippen molar-refractivity contribution in [2.45, 2.75) is 25.5 Å². The predicted molar refractivity (Wildman–Crippen MR) is 133 cm³/mol. The van der Waals surface area contributed by atoms with E-state index in [1.165, 1.54) is 5.56 Å². The standard InChI is InChI=1S/C23H27BrCl2N4O2/c24-19-13-16(1-4-22(19)32-18-5-7-27-8-6-18)15-29-9-11-30(12-10-29)23(31)28-17-2-3-20(25)21(26)14-17/h1-4,13-14,18,27H,5-12,15H2,(H,28,31). The molecule has 2 N–H and O–H groups in total. The number of carbonyl (C=O) groups is 1. The number of nitrogens with one attached hydrogen (secondary N) is 2. The zero-order valence-corrected chi connectivity index (χ0v) is 20.8. The Hall–Kier alpha value is -1.51. The number of rotatable bonds is 5. The van der Waals surface area contributed by atoms with Gasteiger partial charge in [-0.25, -0.2) is 4.79 Å². The number of urea groups is 1. The van der Waals surface area contributed by atoms with Crippen LogP contribution in [-0.2, 0) is 6.54 Å². The second kappa shape index (κ2) is 11.1. The zero-order chi connectivity index (χ0) is 22.5. The topological polar surface area (TPSA) is 56.8 Å². The summed E-state index contributed by atoms with van der Waals surface area (Å²) in [4.78, 5) is 16.8. The van der Waals surface area contributed by atoms with E-state index in [0.29, 0.717) is 28.8 Å². The first-order chi connectivity index (χ1) is 15.5. The van der Waals surface area contributed by atoms with Crippen molar-refractivity contribution in [3.8, 4) is 5.75 Å². The molecule has 2 amide bonds. The molecule has 0 atom stereocenters. The molecule has 2 aromatic carbocycles. The number of carbonyl (C=O) groups excluding carboxylic acids is 1. The van der Waals surface area contributed by atoms with E-state index < -0.39 is 0 Å². The van der Waals surface area contributed by atoms with Crippen LogP contribution in [0.25, 0.3) is 0 Å². The third-order valence-corrected chi connectivity index (χ3v) is 7.17.